The summed E-state index contributed by atoms with van der Waals surface area (Å²) in [4.78, 5) is 28.6. The number of hydrogen-bond acceptors (Lipinski definition) is 6. The van der Waals surface area contributed by atoms with Crippen molar-refractivity contribution >= 4 is 44.4 Å². The number of carbonyl (C=O) groups excluding carboxylic acids is 2. The molecule has 1 aromatic heterocycles. The molecule has 0 aliphatic heterocycles. The number of thiazole rings is 1. The molecule has 4 rings (SSSR count). The van der Waals surface area contributed by atoms with Crippen molar-refractivity contribution in [3.8, 4) is 11.3 Å². The molecule has 34 heavy (non-hydrogen) atoms. The molecule has 7 nitrogen and oxygen atoms in total. The fourth-order valence-electron chi connectivity index (χ4n) is 3.23. The standard InChI is InChI=1S/C25H21N3O4S2/c1-16(29)18-8-12-23(13-9-18)34(31,32)28-21-10-6-19(7-11-21)25(30)27-22-5-3-4-20(14-22)24-15-33-17(2)26-24/h3-15,28H,1-2H3,(H,27,30). The summed E-state index contributed by atoms with van der Waals surface area (Å²) in [5.74, 6) is -0.462. The normalized spacial score (nSPS) is 11.1. The van der Waals surface area contributed by atoms with E-state index in [-0.39, 0.29) is 16.6 Å². The van der Waals surface area contributed by atoms with Gasteiger partial charge in [0.25, 0.3) is 15.9 Å². The van der Waals surface area contributed by atoms with Crippen LogP contribution in [0.15, 0.2) is 83.1 Å². The van der Waals surface area contributed by atoms with E-state index in [0.29, 0.717) is 22.5 Å². The molecule has 3 aromatic carbocycles. The van der Waals surface area contributed by atoms with E-state index >= 15 is 0 Å². The maximum atomic E-state index is 12.7. The van der Waals surface area contributed by atoms with Crippen LogP contribution in [0.3, 0.4) is 0 Å². The number of hydrogen-bond donors (Lipinski definition) is 2. The minimum atomic E-state index is -3.83. The Bertz CT molecular complexity index is 1460. The Morgan fingerprint density at radius 2 is 1.56 bits per heavy atom. The predicted molar refractivity (Wildman–Crippen MR) is 134 cm³/mol. The first kappa shape index (κ1) is 23.3. The van der Waals surface area contributed by atoms with Crippen LogP contribution in [0, 0.1) is 6.92 Å². The molecule has 0 aliphatic rings. The fourth-order valence-corrected chi connectivity index (χ4v) is 4.91. The highest BCUT2D eigenvalue weighted by Gasteiger charge is 2.15. The summed E-state index contributed by atoms with van der Waals surface area (Å²) in [6, 6.07) is 19.2. The second-order valence-electron chi connectivity index (χ2n) is 7.55. The van der Waals surface area contributed by atoms with Crippen LogP contribution in [0.2, 0.25) is 0 Å². The van der Waals surface area contributed by atoms with Crippen LogP contribution < -0.4 is 10.0 Å². The monoisotopic (exact) mass is 491 g/mol. The van der Waals surface area contributed by atoms with E-state index in [1.54, 1.807) is 29.5 Å². The molecule has 9 heteroatoms. The molecule has 4 aromatic rings. The van der Waals surface area contributed by atoms with Gasteiger partial charge in [-0.15, -0.1) is 11.3 Å². The van der Waals surface area contributed by atoms with E-state index in [1.165, 1.54) is 43.3 Å². The van der Waals surface area contributed by atoms with Crippen molar-refractivity contribution in [1.29, 1.82) is 0 Å². The number of carbonyl (C=O) groups is 2. The Balaban J connectivity index is 1.44. The van der Waals surface area contributed by atoms with Crippen LogP contribution in [0.4, 0.5) is 11.4 Å². The molecule has 1 heterocycles. The van der Waals surface area contributed by atoms with E-state index in [0.717, 1.165) is 16.3 Å². The number of nitrogens with one attached hydrogen (secondary N) is 2. The first-order valence-electron chi connectivity index (χ1n) is 10.3. The molecular weight excluding hydrogens is 470 g/mol. The summed E-state index contributed by atoms with van der Waals surface area (Å²) in [5, 5.41) is 5.79. The molecule has 172 valence electrons. The lowest BCUT2D eigenvalue weighted by Gasteiger charge is -2.10. The number of rotatable bonds is 7. The average Bonchev–Trinajstić information content (AvgIpc) is 3.26. The van der Waals surface area contributed by atoms with Crippen molar-refractivity contribution in [3.63, 3.8) is 0 Å². The lowest BCUT2D eigenvalue weighted by Crippen LogP contribution is -2.14. The third kappa shape index (κ3) is 5.38. The van der Waals surface area contributed by atoms with E-state index < -0.39 is 10.0 Å². The molecule has 0 unspecified atom stereocenters. The van der Waals surface area contributed by atoms with Crippen molar-refractivity contribution in [2.24, 2.45) is 0 Å². The van der Waals surface area contributed by atoms with Crippen molar-refractivity contribution in [2.45, 2.75) is 18.7 Å². The second-order valence-corrected chi connectivity index (χ2v) is 10.3. The highest BCUT2D eigenvalue weighted by molar-refractivity contribution is 7.92. The molecule has 0 fully saturated rings. The quantitative estimate of drug-likeness (QED) is 0.338. The van der Waals surface area contributed by atoms with Crippen molar-refractivity contribution in [3.05, 3.63) is 94.3 Å². The highest BCUT2D eigenvalue weighted by Crippen LogP contribution is 2.25. The van der Waals surface area contributed by atoms with Gasteiger partial charge in [-0.1, -0.05) is 24.3 Å². The first-order chi connectivity index (χ1) is 16.2. The molecule has 0 spiro atoms. The van der Waals surface area contributed by atoms with Crippen LogP contribution in [-0.4, -0.2) is 25.1 Å². The molecule has 2 N–H and O–H groups in total. The van der Waals surface area contributed by atoms with Gasteiger partial charge in [-0.25, -0.2) is 13.4 Å². The zero-order valence-electron chi connectivity index (χ0n) is 18.4. The number of sulfonamides is 1. The van der Waals surface area contributed by atoms with Gasteiger partial charge in [0.15, 0.2) is 5.78 Å². The molecule has 0 bridgehead atoms. The number of anilines is 2. The van der Waals surface area contributed by atoms with Gasteiger partial charge in [0.1, 0.15) is 0 Å². The molecule has 1 amide bonds. The van der Waals surface area contributed by atoms with E-state index in [9.17, 15) is 18.0 Å². The SMILES string of the molecule is CC(=O)c1ccc(S(=O)(=O)Nc2ccc(C(=O)Nc3cccc(-c4csc(C)n4)c3)cc2)cc1. The summed E-state index contributed by atoms with van der Waals surface area (Å²) >= 11 is 1.56. The largest absolute Gasteiger partial charge is 0.322 e. The minimum Gasteiger partial charge on any atom is -0.322 e. The van der Waals surface area contributed by atoms with Crippen LogP contribution in [0.5, 0.6) is 0 Å². The maximum absolute atomic E-state index is 12.7. The number of aryl methyl sites for hydroxylation is 1. The van der Waals surface area contributed by atoms with Crippen LogP contribution >= 0.6 is 11.3 Å². The minimum absolute atomic E-state index is 0.0366. The van der Waals surface area contributed by atoms with Gasteiger partial charge in [-0.05, 0) is 62.4 Å². The number of benzene rings is 3. The summed E-state index contributed by atoms with van der Waals surface area (Å²) < 4.78 is 27.7. The van der Waals surface area contributed by atoms with Gasteiger partial charge >= 0.3 is 0 Å². The maximum Gasteiger partial charge on any atom is 0.261 e. The topological polar surface area (TPSA) is 105 Å². The Morgan fingerprint density at radius 3 is 2.18 bits per heavy atom. The Kier molecular flexibility index (Phi) is 6.58. The second kappa shape index (κ2) is 9.58. The third-order valence-electron chi connectivity index (χ3n) is 5.01. The van der Waals surface area contributed by atoms with Gasteiger partial charge in [0, 0.05) is 33.4 Å². The van der Waals surface area contributed by atoms with Gasteiger partial charge in [0.2, 0.25) is 0 Å². The van der Waals surface area contributed by atoms with Crippen LogP contribution in [0.25, 0.3) is 11.3 Å². The number of Topliss-reactive ketones (excluding diaryl/α,β-unsaturated/α-hetero) is 1. The Morgan fingerprint density at radius 1 is 0.882 bits per heavy atom. The zero-order chi connectivity index (χ0) is 24.3. The molecular formula is C25H21N3O4S2. The van der Waals surface area contributed by atoms with Gasteiger partial charge in [0.05, 0.1) is 15.6 Å². The van der Waals surface area contributed by atoms with Crippen molar-refractivity contribution in [2.75, 3.05) is 10.0 Å². The zero-order valence-corrected chi connectivity index (χ0v) is 20.0. The summed E-state index contributed by atoms with van der Waals surface area (Å²) in [6.45, 7) is 3.35. The van der Waals surface area contributed by atoms with Crippen molar-refractivity contribution in [1.82, 2.24) is 4.98 Å². The summed E-state index contributed by atoms with van der Waals surface area (Å²) in [7, 11) is -3.83. The lowest BCUT2D eigenvalue weighted by molar-refractivity contribution is 0.101. The van der Waals surface area contributed by atoms with E-state index in [4.69, 9.17) is 0 Å². The van der Waals surface area contributed by atoms with Crippen LogP contribution in [0.1, 0.15) is 32.6 Å². The fraction of sp³-hybridized carbons (Fsp3) is 0.0800. The Labute approximate surface area is 201 Å². The molecule has 0 saturated heterocycles. The van der Waals surface area contributed by atoms with Gasteiger partial charge in [-0.3, -0.25) is 14.3 Å². The smallest absolute Gasteiger partial charge is 0.261 e. The summed E-state index contributed by atoms with van der Waals surface area (Å²) in [5.41, 5.74) is 3.51. The summed E-state index contributed by atoms with van der Waals surface area (Å²) in [6.07, 6.45) is 0. The molecule has 0 saturated carbocycles. The highest BCUT2D eigenvalue weighted by atomic mass is 32.2. The third-order valence-corrected chi connectivity index (χ3v) is 7.18. The number of nitrogens with zero attached hydrogens (tertiary/aromatic N) is 1. The number of ketones is 1. The Hall–Kier alpha value is -3.82. The predicted octanol–water partition coefficient (Wildman–Crippen LogP) is 5.37. The molecule has 0 aliphatic carbocycles. The first-order valence-corrected chi connectivity index (χ1v) is 12.7. The molecule has 0 atom stereocenters. The number of amides is 1. The van der Waals surface area contributed by atoms with E-state index in [2.05, 4.69) is 15.0 Å². The number of aromatic nitrogens is 1. The van der Waals surface area contributed by atoms with E-state index in [1.807, 2.05) is 30.5 Å². The van der Waals surface area contributed by atoms with Gasteiger partial charge in [-0.2, -0.15) is 0 Å². The average molecular weight is 492 g/mol. The van der Waals surface area contributed by atoms with Gasteiger partial charge < -0.3 is 5.32 Å². The van der Waals surface area contributed by atoms with Crippen molar-refractivity contribution < 1.29 is 18.0 Å². The van der Waals surface area contributed by atoms with Crippen LogP contribution in [-0.2, 0) is 10.0 Å². The lowest BCUT2D eigenvalue weighted by atomic mass is 10.1. The molecule has 0 radical (unpaired) electrons.